The van der Waals surface area contributed by atoms with E-state index < -0.39 is 0 Å². The van der Waals surface area contributed by atoms with Crippen LogP contribution in [-0.4, -0.2) is 15.4 Å². The predicted octanol–water partition coefficient (Wildman–Crippen LogP) is 2.01. The molecule has 0 aliphatic rings. The van der Waals surface area contributed by atoms with Crippen LogP contribution in [0, 0.1) is 5.82 Å². The van der Waals surface area contributed by atoms with Crippen LogP contribution in [0.15, 0.2) is 24.3 Å². The largest absolute Gasteiger partial charge is 0.328 e. The first-order valence-electron chi connectivity index (χ1n) is 6.12. The first-order valence-corrected chi connectivity index (χ1v) is 6.90. The van der Waals surface area contributed by atoms with Crippen LogP contribution in [0.5, 0.6) is 0 Å². The number of aromatic nitrogens is 2. The highest BCUT2D eigenvalue weighted by molar-refractivity contribution is 7.05. The molecule has 2 rings (SSSR count). The van der Waals surface area contributed by atoms with Crippen molar-refractivity contribution in [1.82, 2.24) is 9.36 Å². The molecule has 0 aliphatic heterocycles. The molecule has 1 aromatic heterocycles. The summed E-state index contributed by atoms with van der Waals surface area (Å²) in [4.78, 5) is 4.41. The van der Waals surface area contributed by atoms with Crippen LogP contribution in [0.3, 0.4) is 0 Å². The molecule has 0 bridgehead atoms. The lowest BCUT2D eigenvalue weighted by molar-refractivity contribution is 0.565. The normalized spacial score (nSPS) is 14.3. The van der Waals surface area contributed by atoms with E-state index in [4.69, 9.17) is 11.5 Å². The maximum absolute atomic E-state index is 12.8. The lowest BCUT2D eigenvalue weighted by Gasteiger charge is -2.09. The minimum Gasteiger partial charge on any atom is -0.328 e. The van der Waals surface area contributed by atoms with Crippen LogP contribution in [0.1, 0.15) is 35.8 Å². The SMILES string of the molecule is CC(N)CC(N)c1nc(Cc2ccc(F)cc2)ns1. The van der Waals surface area contributed by atoms with E-state index in [1.54, 1.807) is 12.1 Å². The van der Waals surface area contributed by atoms with Crippen molar-refractivity contribution in [2.24, 2.45) is 11.5 Å². The highest BCUT2D eigenvalue weighted by Crippen LogP contribution is 2.18. The Bertz CT molecular complexity index is 524. The minimum absolute atomic E-state index is 0.0412. The van der Waals surface area contributed by atoms with E-state index >= 15 is 0 Å². The number of hydrogen-bond donors (Lipinski definition) is 2. The predicted molar refractivity (Wildman–Crippen MR) is 74.3 cm³/mol. The zero-order valence-electron chi connectivity index (χ0n) is 10.7. The molecule has 6 heteroatoms. The molecule has 1 aromatic carbocycles. The maximum Gasteiger partial charge on any atom is 0.147 e. The molecule has 0 fully saturated rings. The second-order valence-corrected chi connectivity index (χ2v) is 5.45. The number of rotatable bonds is 5. The van der Waals surface area contributed by atoms with Gasteiger partial charge in [-0.05, 0) is 42.6 Å². The zero-order chi connectivity index (χ0) is 13.8. The summed E-state index contributed by atoms with van der Waals surface area (Å²) in [6.07, 6.45) is 1.27. The van der Waals surface area contributed by atoms with Gasteiger partial charge in [0.2, 0.25) is 0 Å². The summed E-state index contributed by atoms with van der Waals surface area (Å²) in [5, 5.41) is 0.800. The van der Waals surface area contributed by atoms with Crippen LogP contribution in [0.25, 0.3) is 0 Å². The fourth-order valence-corrected chi connectivity index (χ4v) is 2.46. The molecule has 4 N–H and O–H groups in total. The van der Waals surface area contributed by atoms with Crippen molar-refractivity contribution in [2.45, 2.75) is 31.8 Å². The van der Waals surface area contributed by atoms with Crippen molar-refractivity contribution < 1.29 is 4.39 Å². The molecule has 2 atom stereocenters. The van der Waals surface area contributed by atoms with Gasteiger partial charge in [-0.15, -0.1) is 0 Å². The van der Waals surface area contributed by atoms with Gasteiger partial charge in [-0.1, -0.05) is 12.1 Å². The molecule has 2 aromatic rings. The van der Waals surface area contributed by atoms with Crippen molar-refractivity contribution >= 4 is 11.5 Å². The van der Waals surface area contributed by atoms with E-state index in [0.717, 1.165) is 10.6 Å². The average molecular weight is 280 g/mol. The Morgan fingerprint density at radius 2 is 1.95 bits per heavy atom. The van der Waals surface area contributed by atoms with E-state index in [-0.39, 0.29) is 17.9 Å². The molecule has 0 amide bonds. The van der Waals surface area contributed by atoms with Gasteiger partial charge in [0.05, 0.1) is 6.04 Å². The second-order valence-electron chi connectivity index (χ2n) is 4.67. The number of halogens is 1. The van der Waals surface area contributed by atoms with Crippen LogP contribution in [-0.2, 0) is 6.42 Å². The van der Waals surface area contributed by atoms with Gasteiger partial charge >= 0.3 is 0 Å². The first-order chi connectivity index (χ1) is 9.04. The molecule has 0 radical (unpaired) electrons. The number of nitrogens with two attached hydrogens (primary N) is 2. The van der Waals surface area contributed by atoms with E-state index in [1.165, 1.54) is 23.7 Å². The Kier molecular flexibility index (Phi) is 4.57. The summed E-state index contributed by atoms with van der Waals surface area (Å²) < 4.78 is 17.1. The van der Waals surface area contributed by atoms with E-state index in [9.17, 15) is 4.39 Å². The average Bonchev–Trinajstić information content (AvgIpc) is 2.80. The summed E-state index contributed by atoms with van der Waals surface area (Å²) in [5.41, 5.74) is 12.7. The Labute approximate surface area is 115 Å². The summed E-state index contributed by atoms with van der Waals surface area (Å²) in [6, 6.07) is 6.21. The Morgan fingerprint density at radius 3 is 2.58 bits per heavy atom. The van der Waals surface area contributed by atoms with Gasteiger partial charge in [-0.2, -0.15) is 4.37 Å². The maximum atomic E-state index is 12.8. The summed E-state index contributed by atoms with van der Waals surface area (Å²) >= 11 is 1.31. The Balaban J connectivity index is 2.02. The quantitative estimate of drug-likeness (QED) is 0.878. The first kappa shape index (κ1) is 14.0. The van der Waals surface area contributed by atoms with Crippen LogP contribution in [0.2, 0.25) is 0 Å². The van der Waals surface area contributed by atoms with Gasteiger partial charge in [0.25, 0.3) is 0 Å². The van der Waals surface area contributed by atoms with Gasteiger partial charge in [0.1, 0.15) is 16.6 Å². The highest BCUT2D eigenvalue weighted by Gasteiger charge is 2.14. The third kappa shape index (κ3) is 4.05. The monoisotopic (exact) mass is 280 g/mol. The van der Waals surface area contributed by atoms with E-state index in [1.807, 2.05) is 6.92 Å². The molecule has 19 heavy (non-hydrogen) atoms. The van der Waals surface area contributed by atoms with Gasteiger partial charge in [0, 0.05) is 12.5 Å². The fraction of sp³-hybridized carbons (Fsp3) is 0.385. The minimum atomic E-state index is -0.241. The Hall–Kier alpha value is -1.37. The van der Waals surface area contributed by atoms with Crippen molar-refractivity contribution in [3.63, 3.8) is 0 Å². The summed E-state index contributed by atoms with van der Waals surface area (Å²) in [6.45, 7) is 1.92. The van der Waals surface area contributed by atoms with Gasteiger partial charge in [-0.25, -0.2) is 9.37 Å². The molecule has 1 heterocycles. The molecule has 0 aliphatic carbocycles. The van der Waals surface area contributed by atoms with Crippen LogP contribution in [0.4, 0.5) is 4.39 Å². The zero-order valence-corrected chi connectivity index (χ0v) is 11.5. The van der Waals surface area contributed by atoms with Crippen molar-refractivity contribution in [2.75, 3.05) is 0 Å². The van der Waals surface area contributed by atoms with E-state index in [2.05, 4.69) is 9.36 Å². The van der Waals surface area contributed by atoms with Crippen LogP contribution < -0.4 is 11.5 Å². The van der Waals surface area contributed by atoms with E-state index in [0.29, 0.717) is 18.7 Å². The Morgan fingerprint density at radius 1 is 1.26 bits per heavy atom. The van der Waals surface area contributed by atoms with Gasteiger partial charge < -0.3 is 11.5 Å². The number of benzene rings is 1. The summed E-state index contributed by atoms with van der Waals surface area (Å²) in [5.74, 6) is 0.473. The smallest absolute Gasteiger partial charge is 0.147 e. The highest BCUT2D eigenvalue weighted by atomic mass is 32.1. The van der Waals surface area contributed by atoms with Crippen molar-refractivity contribution in [1.29, 1.82) is 0 Å². The third-order valence-corrected chi connectivity index (χ3v) is 3.59. The molecule has 102 valence electrons. The molecule has 4 nitrogen and oxygen atoms in total. The second kappa shape index (κ2) is 6.18. The molecule has 0 saturated heterocycles. The van der Waals surface area contributed by atoms with Crippen molar-refractivity contribution in [3.05, 3.63) is 46.5 Å². The topological polar surface area (TPSA) is 77.8 Å². The number of hydrogen-bond acceptors (Lipinski definition) is 5. The lowest BCUT2D eigenvalue weighted by atomic mass is 10.1. The van der Waals surface area contributed by atoms with Gasteiger partial charge in [0.15, 0.2) is 0 Å². The van der Waals surface area contributed by atoms with Crippen molar-refractivity contribution in [3.8, 4) is 0 Å². The third-order valence-electron chi connectivity index (χ3n) is 2.70. The number of nitrogens with zero attached hydrogens (tertiary/aromatic N) is 2. The molecule has 2 unspecified atom stereocenters. The standard InChI is InChI=1S/C13H17FN4S/c1-8(15)6-11(16)13-17-12(18-19-13)7-9-2-4-10(14)5-3-9/h2-5,8,11H,6-7,15-16H2,1H3. The molecular weight excluding hydrogens is 263 g/mol. The molecule has 0 saturated carbocycles. The van der Waals surface area contributed by atoms with Crippen LogP contribution >= 0.6 is 11.5 Å². The lowest BCUT2D eigenvalue weighted by Crippen LogP contribution is -2.23. The van der Waals surface area contributed by atoms with Gasteiger partial charge in [-0.3, -0.25) is 0 Å². The molecular formula is C13H17FN4S. The molecule has 0 spiro atoms. The fourth-order valence-electron chi connectivity index (χ4n) is 1.78. The summed E-state index contributed by atoms with van der Waals surface area (Å²) in [7, 11) is 0.